The fourth-order valence-electron chi connectivity index (χ4n) is 3.10. The second kappa shape index (κ2) is 5.91. The Hall–Kier alpha value is -1.17. The van der Waals surface area contributed by atoms with Gasteiger partial charge in [-0.1, -0.05) is 19.9 Å². The summed E-state index contributed by atoms with van der Waals surface area (Å²) in [7, 11) is 0. The minimum atomic E-state index is -0.235. The molecule has 0 saturated heterocycles. The summed E-state index contributed by atoms with van der Waals surface area (Å²) in [5.41, 5.74) is -0.235. The first-order valence-corrected chi connectivity index (χ1v) is 8.46. The van der Waals surface area contributed by atoms with Crippen LogP contribution in [0, 0.1) is 5.92 Å². The molecule has 1 fully saturated rings. The van der Waals surface area contributed by atoms with E-state index >= 15 is 0 Å². The topological polar surface area (TPSA) is 50.1 Å². The van der Waals surface area contributed by atoms with Crippen molar-refractivity contribution in [2.75, 3.05) is 6.61 Å². The van der Waals surface area contributed by atoms with Crippen LogP contribution in [0.2, 0.25) is 0 Å². The average molecular weight is 305 g/mol. The third-order valence-corrected chi connectivity index (χ3v) is 4.99. The molecular formula is C16H23N3OS. The largest absolute Gasteiger partial charge is 0.394 e. The Morgan fingerprint density at radius 2 is 2.33 bits per heavy atom. The number of nitrogens with one attached hydrogen (secondary N) is 1. The molecule has 0 bridgehead atoms. The molecule has 114 valence electrons. The lowest BCUT2D eigenvalue weighted by atomic mass is 9.92. The second-order valence-electron chi connectivity index (χ2n) is 6.24. The smallest absolute Gasteiger partial charge is 0.150 e. The number of aliphatic hydroxyl groups is 1. The molecule has 0 spiro atoms. The third kappa shape index (κ3) is 3.05. The Morgan fingerprint density at radius 1 is 1.52 bits per heavy atom. The Morgan fingerprint density at radius 3 is 2.90 bits per heavy atom. The van der Waals surface area contributed by atoms with Gasteiger partial charge in [-0.05, 0) is 30.2 Å². The first kappa shape index (κ1) is 14.8. The van der Waals surface area contributed by atoms with Crippen molar-refractivity contribution < 1.29 is 5.11 Å². The number of imidazole rings is 1. The zero-order chi connectivity index (χ0) is 14.9. The van der Waals surface area contributed by atoms with Crippen LogP contribution in [-0.4, -0.2) is 32.8 Å². The maximum absolute atomic E-state index is 10.1. The zero-order valence-electron chi connectivity index (χ0n) is 12.6. The highest BCUT2D eigenvalue weighted by molar-refractivity contribution is 7.13. The first-order chi connectivity index (χ1) is 10.1. The van der Waals surface area contributed by atoms with E-state index in [4.69, 9.17) is 0 Å². The van der Waals surface area contributed by atoms with E-state index in [-0.39, 0.29) is 12.1 Å². The summed E-state index contributed by atoms with van der Waals surface area (Å²) in [5, 5.41) is 15.8. The number of thiophene rings is 1. The van der Waals surface area contributed by atoms with Gasteiger partial charge in [0.2, 0.25) is 0 Å². The van der Waals surface area contributed by atoms with E-state index in [9.17, 15) is 5.11 Å². The van der Waals surface area contributed by atoms with Crippen molar-refractivity contribution in [3.8, 4) is 10.7 Å². The quantitative estimate of drug-likeness (QED) is 0.827. The van der Waals surface area contributed by atoms with Gasteiger partial charge in [0.1, 0.15) is 5.82 Å². The number of hydrogen-bond acceptors (Lipinski definition) is 4. The van der Waals surface area contributed by atoms with Crippen molar-refractivity contribution >= 4 is 11.3 Å². The standard InChI is InChI=1S/C16H23N3OS/c1-12(2)18-16(11-20,13-5-6-13)10-19-8-7-17-15(19)14-4-3-9-21-14/h3-4,7-9,12-13,18,20H,5-6,10-11H2,1-2H3. The highest BCUT2D eigenvalue weighted by Crippen LogP contribution is 2.41. The van der Waals surface area contributed by atoms with Gasteiger partial charge >= 0.3 is 0 Å². The van der Waals surface area contributed by atoms with Gasteiger partial charge in [-0.3, -0.25) is 0 Å². The van der Waals surface area contributed by atoms with Crippen LogP contribution in [-0.2, 0) is 6.54 Å². The van der Waals surface area contributed by atoms with Crippen LogP contribution in [0.25, 0.3) is 10.7 Å². The number of hydrogen-bond donors (Lipinski definition) is 2. The molecular weight excluding hydrogens is 282 g/mol. The molecule has 0 aromatic carbocycles. The second-order valence-corrected chi connectivity index (χ2v) is 7.19. The van der Waals surface area contributed by atoms with Crippen LogP contribution in [0.4, 0.5) is 0 Å². The van der Waals surface area contributed by atoms with Gasteiger partial charge in [0.05, 0.1) is 17.0 Å². The van der Waals surface area contributed by atoms with E-state index in [1.165, 1.54) is 17.7 Å². The van der Waals surface area contributed by atoms with Crippen molar-refractivity contribution in [2.45, 2.75) is 44.8 Å². The Labute approximate surface area is 129 Å². The molecule has 2 heterocycles. The van der Waals surface area contributed by atoms with E-state index < -0.39 is 0 Å². The molecule has 2 aromatic heterocycles. The molecule has 2 aromatic rings. The predicted octanol–water partition coefficient (Wildman–Crippen LogP) is 2.75. The summed E-state index contributed by atoms with van der Waals surface area (Å²) in [6.07, 6.45) is 6.26. The molecule has 3 rings (SSSR count). The van der Waals surface area contributed by atoms with Crippen molar-refractivity contribution in [2.24, 2.45) is 5.92 Å². The van der Waals surface area contributed by atoms with Gasteiger partial charge < -0.3 is 15.0 Å². The third-order valence-electron chi connectivity index (χ3n) is 4.13. The average Bonchev–Trinajstić information content (AvgIpc) is 2.99. The SMILES string of the molecule is CC(C)NC(CO)(Cn1ccnc1-c1cccs1)C1CC1. The van der Waals surface area contributed by atoms with Crippen LogP contribution in [0.1, 0.15) is 26.7 Å². The Bertz CT molecular complexity index is 574. The minimum Gasteiger partial charge on any atom is -0.394 e. The van der Waals surface area contributed by atoms with Crippen molar-refractivity contribution in [1.82, 2.24) is 14.9 Å². The summed E-state index contributed by atoms with van der Waals surface area (Å²) >= 11 is 1.70. The molecule has 1 aliphatic carbocycles. The van der Waals surface area contributed by atoms with Gasteiger partial charge in [0.15, 0.2) is 0 Å². The van der Waals surface area contributed by atoms with Crippen molar-refractivity contribution in [3.05, 3.63) is 29.9 Å². The van der Waals surface area contributed by atoms with Gasteiger partial charge in [0.25, 0.3) is 0 Å². The van der Waals surface area contributed by atoms with Crippen LogP contribution < -0.4 is 5.32 Å². The molecule has 2 N–H and O–H groups in total. The van der Waals surface area contributed by atoms with E-state index in [1.807, 2.05) is 18.5 Å². The van der Waals surface area contributed by atoms with E-state index in [0.29, 0.717) is 12.0 Å². The maximum atomic E-state index is 10.1. The molecule has 21 heavy (non-hydrogen) atoms. The molecule has 1 aliphatic rings. The van der Waals surface area contributed by atoms with Crippen LogP contribution in [0.15, 0.2) is 29.9 Å². The monoisotopic (exact) mass is 305 g/mol. The van der Waals surface area contributed by atoms with E-state index in [0.717, 1.165) is 12.4 Å². The predicted molar refractivity (Wildman–Crippen MR) is 86.4 cm³/mol. The van der Waals surface area contributed by atoms with Gasteiger partial charge in [-0.25, -0.2) is 4.98 Å². The number of rotatable bonds is 7. The molecule has 0 amide bonds. The zero-order valence-corrected chi connectivity index (χ0v) is 13.4. The first-order valence-electron chi connectivity index (χ1n) is 7.58. The van der Waals surface area contributed by atoms with Crippen LogP contribution in [0.5, 0.6) is 0 Å². The fraction of sp³-hybridized carbons (Fsp3) is 0.562. The summed E-state index contributed by atoms with van der Waals surface area (Å²) in [4.78, 5) is 5.67. The fourth-order valence-corrected chi connectivity index (χ4v) is 3.84. The lowest BCUT2D eigenvalue weighted by Crippen LogP contribution is -2.56. The summed E-state index contributed by atoms with van der Waals surface area (Å²) in [6, 6.07) is 4.49. The summed E-state index contributed by atoms with van der Waals surface area (Å²) in [6.45, 7) is 5.21. The normalized spacial score (nSPS) is 18.1. The lowest BCUT2D eigenvalue weighted by Gasteiger charge is -2.36. The Kier molecular flexibility index (Phi) is 4.15. The van der Waals surface area contributed by atoms with Gasteiger partial charge in [0, 0.05) is 25.0 Å². The van der Waals surface area contributed by atoms with Gasteiger partial charge in [-0.2, -0.15) is 0 Å². The molecule has 0 aliphatic heterocycles. The molecule has 0 radical (unpaired) electrons. The van der Waals surface area contributed by atoms with Crippen molar-refractivity contribution in [1.29, 1.82) is 0 Å². The maximum Gasteiger partial charge on any atom is 0.150 e. The highest BCUT2D eigenvalue weighted by atomic mass is 32.1. The molecule has 5 heteroatoms. The van der Waals surface area contributed by atoms with Crippen molar-refractivity contribution in [3.63, 3.8) is 0 Å². The number of aliphatic hydroxyl groups excluding tert-OH is 1. The molecule has 4 nitrogen and oxygen atoms in total. The summed E-state index contributed by atoms with van der Waals surface area (Å²) < 4.78 is 2.18. The molecule has 1 saturated carbocycles. The van der Waals surface area contributed by atoms with Crippen LogP contribution >= 0.6 is 11.3 Å². The van der Waals surface area contributed by atoms with E-state index in [2.05, 4.69) is 40.2 Å². The lowest BCUT2D eigenvalue weighted by molar-refractivity contribution is 0.114. The van der Waals surface area contributed by atoms with E-state index in [1.54, 1.807) is 11.3 Å². The van der Waals surface area contributed by atoms with Crippen LogP contribution in [0.3, 0.4) is 0 Å². The molecule has 1 unspecified atom stereocenters. The Balaban J connectivity index is 1.88. The molecule has 1 atom stereocenters. The highest BCUT2D eigenvalue weighted by Gasteiger charge is 2.45. The van der Waals surface area contributed by atoms with Gasteiger partial charge in [-0.15, -0.1) is 11.3 Å². The summed E-state index contributed by atoms with van der Waals surface area (Å²) in [5.74, 6) is 1.55. The minimum absolute atomic E-state index is 0.165. The number of aromatic nitrogens is 2. The number of nitrogens with zero attached hydrogens (tertiary/aromatic N) is 2.